The Morgan fingerprint density at radius 2 is 0.481 bits per heavy atom. The van der Waals surface area contributed by atoms with E-state index in [4.69, 9.17) is 14.2 Å². The monoisotopic (exact) mass is 1140 g/mol. The molecule has 0 aliphatic heterocycles. The molecule has 0 heterocycles. The average Bonchev–Trinajstić information content (AvgIpc) is 3.47. The summed E-state index contributed by atoms with van der Waals surface area (Å²) in [5.74, 6) is -0.842. The van der Waals surface area contributed by atoms with Gasteiger partial charge < -0.3 is 14.2 Å². The second-order valence-corrected chi connectivity index (χ2v) is 24.5. The summed E-state index contributed by atoms with van der Waals surface area (Å²) >= 11 is 0. The maximum atomic E-state index is 12.9. The molecule has 0 amide bonds. The zero-order valence-corrected chi connectivity index (χ0v) is 54.6. The highest BCUT2D eigenvalue weighted by Gasteiger charge is 2.19. The second-order valence-electron chi connectivity index (χ2n) is 24.5. The number of hydrogen-bond donors (Lipinski definition) is 0. The zero-order chi connectivity index (χ0) is 58.5. The molecule has 0 aliphatic carbocycles. The number of carbonyl (C=O) groups excluding carboxylic acids is 3. The number of rotatable bonds is 67. The van der Waals surface area contributed by atoms with E-state index in [1.54, 1.807) is 0 Å². The fourth-order valence-electron chi connectivity index (χ4n) is 11.0. The summed E-state index contributed by atoms with van der Waals surface area (Å²) in [5.41, 5.74) is 0. The van der Waals surface area contributed by atoms with Crippen LogP contribution in [0, 0.1) is 0 Å². The summed E-state index contributed by atoms with van der Waals surface area (Å²) in [6, 6.07) is 0. The molecule has 0 aromatic heterocycles. The number of allylic oxidation sites excluding steroid dienone is 8. The third-order valence-electron chi connectivity index (χ3n) is 16.3. The minimum absolute atomic E-state index is 0.0676. The van der Waals surface area contributed by atoms with Crippen LogP contribution in [0.3, 0.4) is 0 Å². The summed E-state index contributed by atoms with van der Waals surface area (Å²) in [6.45, 7) is 6.59. The lowest BCUT2D eigenvalue weighted by Gasteiger charge is -2.18. The Hall–Kier alpha value is -2.63. The van der Waals surface area contributed by atoms with Gasteiger partial charge in [-0.2, -0.15) is 0 Å². The Labute approximate surface area is 505 Å². The molecule has 1 atom stereocenters. The van der Waals surface area contributed by atoms with Gasteiger partial charge in [0.1, 0.15) is 13.2 Å². The van der Waals surface area contributed by atoms with Gasteiger partial charge in [0.2, 0.25) is 0 Å². The van der Waals surface area contributed by atoms with Gasteiger partial charge in [-0.3, -0.25) is 14.4 Å². The van der Waals surface area contributed by atoms with Crippen molar-refractivity contribution in [3.05, 3.63) is 48.6 Å². The molecule has 0 aromatic carbocycles. The summed E-state index contributed by atoms with van der Waals surface area (Å²) in [5, 5.41) is 0. The van der Waals surface area contributed by atoms with Crippen LogP contribution in [-0.4, -0.2) is 37.2 Å². The molecule has 0 fully saturated rings. The largest absolute Gasteiger partial charge is 0.462 e. The predicted molar refractivity (Wildman–Crippen MR) is 353 cm³/mol. The molecular formula is C75H138O6. The molecule has 0 aliphatic rings. The fraction of sp³-hybridized carbons (Fsp3) is 0.853. The summed E-state index contributed by atoms with van der Waals surface area (Å²) < 4.78 is 17.0. The molecule has 474 valence electrons. The van der Waals surface area contributed by atoms with E-state index >= 15 is 0 Å². The predicted octanol–water partition coefficient (Wildman–Crippen LogP) is 24.9. The van der Waals surface area contributed by atoms with Crippen molar-refractivity contribution in [3.8, 4) is 0 Å². The van der Waals surface area contributed by atoms with Gasteiger partial charge in [0.15, 0.2) is 6.10 Å². The number of ether oxygens (including phenoxy) is 3. The Kier molecular flexibility index (Phi) is 67.6. The quantitative estimate of drug-likeness (QED) is 0.0261. The van der Waals surface area contributed by atoms with Gasteiger partial charge in [0.25, 0.3) is 0 Å². The number of carbonyl (C=O) groups is 3. The van der Waals surface area contributed by atoms with Crippen molar-refractivity contribution in [2.75, 3.05) is 13.2 Å². The molecule has 0 rings (SSSR count). The molecule has 1 unspecified atom stereocenters. The molecule has 0 saturated carbocycles. The first kappa shape index (κ1) is 78.4. The number of hydrogen-bond acceptors (Lipinski definition) is 6. The van der Waals surface area contributed by atoms with E-state index in [2.05, 4.69) is 69.4 Å². The van der Waals surface area contributed by atoms with Crippen molar-refractivity contribution in [1.82, 2.24) is 0 Å². The van der Waals surface area contributed by atoms with Gasteiger partial charge in [-0.05, 0) is 57.8 Å². The molecule has 0 saturated heterocycles. The first-order chi connectivity index (χ1) is 40.0. The van der Waals surface area contributed by atoms with E-state index in [-0.39, 0.29) is 31.1 Å². The lowest BCUT2D eigenvalue weighted by Crippen LogP contribution is -2.30. The van der Waals surface area contributed by atoms with Crippen LogP contribution < -0.4 is 0 Å². The van der Waals surface area contributed by atoms with Crippen LogP contribution in [0.4, 0.5) is 0 Å². The molecule has 6 nitrogen and oxygen atoms in total. The van der Waals surface area contributed by atoms with Crippen molar-refractivity contribution in [2.45, 2.75) is 399 Å². The Morgan fingerprint density at radius 3 is 0.753 bits per heavy atom. The van der Waals surface area contributed by atoms with Crippen molar-refractivity contribution in [3.63, 3.8) is 0 Å². The summed E-state index contributed by atoms with van der Waals surface area (Å²) in [7, 11) is 0. The lowest BCUT2D eigenvalue weighted by molar-refractivity contribution is -0.167. The normalized spacial score (nSPS) is 12.3. The molecular weight excluding hydrogens is 997 g/mol. The first-order valence-corrected chi connectivity index (χ1v) is 36.1. The Bertz CT molecular complexity index is 1400. The van der Waals surface area contributed by atoms with E-state index in [0.29, 0.717) is 19.3 Å². The van der Waals surface area contributed by atoms with E-state index in [9.17, 15) is 14.4 Å². The molecule has 0 spiro atoms. The van der Waals surface area contributed by atoms with Gasteiger partial charge in [-0.25, -0.2) is 0 Å². The van der Waals surface area contributed by atoms with Crippen LogP contribution in [0.15, 0.2) is 48.6 Å². The number of unbranched alkanes of at least 4 members (excludes halogenated alkanes) is 48. The highest BCUT2D eigenvalue weighted by molar-refractivity contribution is 5.71. The van der Waals surface area contributed by atoms with Crippen LogP contribution in [0.2, 0.25) is 0 Å². The van der Waals surface area contributed by atoms with Crippen molar-refractivity contribution >= 4 is 17.9 Å². The van der Waals surface area contributed by atoms with E-state index in [1.165, 1.54) is 270 Å². The van der Waals surface area contributed by atoms with Gasteiger partial charge >= 0.3 is 17.9 Å². The third kappa shape index (κ3) is 68.0. The minimum Gasteiger partial charge on any atom is -0.462 e. The SMILES string of the molecule is CC/C=C\C/C=C\C/C=C\C/C=C\CCCCCCCCCCCCCCC(=O)OC(COC(=O)CCCCCCCCCCCCC)COC(=O)CCCCCCCCCCCCCCCCCCCCCCCCCCCCC. The highest BCUT2D eigenvalue weighted by atomic mass is 16.6. The maximum Gasteiger partial charge on any atom is 0.306 e. The molecule has 0 bridgehead atoms. The third-order valence-corrected chi connectivity index (χ3v) is 16.3. The van der Waals surface area contributed by atoms with Gasteiger partial charge in [-0.15, -0.1) is 0 Å². The van der Waals surface area contributed by atoms with Crippen molar-refractivity contribution < 1.29 is 28.6 Å². The maximum absolute atomic E-state index is 12.9. The van der Waals surface area contributed by atoms with Crippen LogP contribution >= 0.6 is 0 Å². The van der Waals surface area contributed by atoms with Gasteiger partial charge in [0.05, 0.1) is 0 Å². The van der Waals surface area contributed by atoms with E-state index in [1.807, 2.05) is 0 Å². The molecule has 0 radical (unpaired) electrons. The smallest absolute Gasteiger partial charge is 0.306 e. The lowest BCUT2D eigenvalue weighted by atomic mass is 10.0. The van der Waals surface area contributed by atoms with E-state index < -0.39 is 6.10 Å². The second kappa shape index (κ2) is 69.9. The number of esters is 3. The zero-order valence-electron chi connectivity index (χ0n) is 54.6. The highest BCUT2D eigenvalue weighted by Crippen LogP contribution is 2.19. The molecule has 0 N–H and O–H groups in total. The van der Waals surface area contributed by atoms with Crippen LogP contribution in [0.5, 0.6) is 0 Å². The summed E-state index contributed by atoms with van der Waals surface area (Å²) in [4.78, 5) is 38.4. The van der Waals surface area contributed by atoms with Crippen molar-refractivity contribution in [2.24, 2.45) is 0 Å². The molecule has 0 aromatic rings. The Morgan fingerprint density at radius 1 is 0.259 bits per heavy atom. The Balaban J connectivity index is 4.16. The average molecular weight is 1140 g/mol. The van der Waals surface area contributed by atoms with E-state index in [0.717, 1.165) is 83.5 Å². The standard InChI is InChI=1S/C75H138O6/c1-4-7-10-13-16-19-22-24-26-28-30-32-34-36-37-39-40-42-44-46-48-50-53-56-59-62-65-68-74(77)80-71-72(70-79-73(76)67-64-61-58-55-52-21-18-15-12-9-6-3)81-75(78)69-66-63-60-57-54-51-49-47-45-43-41-38-35-33-31-29-27-25-23-20-17-14-11-8-5-2/h8,11,17,20,25,27,31,33,72H,4-7,9-10,12-16,18-19,21-24,26,28-30,32,34-71H2,1-3H3/b11-8-,20-17-,27-25-,33-31-. The van der Waals surface area contributed by atoms with Crippen LogP contribution in [-0.2, 0) is 28.6 Å². The minimum atomic E-state index is -0.771. The topological polar surface area (TPSA) is 78.9 Å². The van der Waals surface area contributed by atoms with Crippen LogP contribution in [0.1, 0.15) is 393 Å². The fourth-order valence-corrected chi connectivity index (χ4v) is 11.0. The molecule has 81 heavy (non-hydrogen) atoms. The van der Waals surface area contributed by atoms with Crippen molar-refractivity contribution in [1.29, 1.82) is 0 Å². The van der Waals surface area contributed by atoms with Gasteiger partial charge in [0, 0.05) is 19.3 Å². The summed E-state index contributed by atoms with van der Waals surface area (Å²) in [6.07, 6.45) is 88.7. The van der Waals surface area contributed by atoms with Gasteiger partial charge in [-0.1, -0.05) is 365 Å². The first-order valence-electron chi connectivity index (χ1n) is 36.1. The van der Waals surface area contributed by atoms with Crippen LogP contribution in [0.25, 0.3) is 0 Å². The molecule has 6 heteroatoms.